The molecule has 1 aromatic heterocycles. The lowest BCUT2D eigenvalue weighted by Crippen LogP contribution is -2.13. The summed E-state index contributed by atoms with van der Waals surface area (Å²) in [6.07, 6.45) is 0.0900. The molecule has 2 rings (SSSR count). The number of carbonyl (C=O) groups excluding carboxylic acids is 2. The Hall–Kier alpha value is -2.63. The molecule has 2 aromatic rings. The van der Waals surface area contributed by atoms with Gasteiger partial charge in [-0.25, -0.2) is 4.79 Å². The monoisotopic (exact) mass is 247 g/mol. The molecule has 0 spiro atoms. The summed E-state index contributed by atoms with van der Waals surface area (Å²) in [5.41, 5.74) is 0.265. The van der Waals surface area contributed by atoms with Gasteiger partial charge in [0.1, 0.15) is 11.3 Å². The maximum absolute atomic E-state index is 11.2. The molecule has 0 unspecified atom stereocenters. The van der Waals surface area contributed by atoms with E-state index in [2.05, 4.69) is 5.32 Å². The highest BCUT2D eigenvalue weighted by Gasteiger charge is 2.14. The number of fused-ring (bicyclic) bond motifs is 1. The Morgan fingerprint density at radius 1 is 1.44 bits per heavy atom. The molecule has 0 radical (unpaired) electrons. The quantitative estimate of drug-likeness (QED) is 0.356. The van der Waals surface area contributed by atoms with Crippen LogP contribution in [0.15, 0.2) is 27.4 Å². The number of phenolic OH excluding ortho intramolecular Hbond substituents is 1. The second-order valence-corrected chi connectivity index (χ2v) is 3.69. The molecule has 6 heteroatoms. The average Bonchev–Trinajstić information content (AvgIpc) is 2.32. The zero-order valence-corrected chi connectivity index (χ0v) is 9.39. The van der Waals surface area contributed by atoms with Crippen LogP contribution >= 0.6 is 0 Å². The molecule has 0 aliphatic rings. The molecule has 0 saturated heterocycles. The predicted octanol–water partition coefficient (Wildman–Crippen LogP) is 0.944. The fourth-order valence-electron chi connectivity index (χ4n) is 1.72. The maximum atomic E-state index is 11.2. The standard InChI is InChI=1S/C12H9NO5/c1-6-4-10(17)18-8-3-2-7(15)12(11(6)8)13-9(16)5-14/h2-5,15H,1H3,(H,13,16). The van der Waals surface area contributed by atoms with E-state index in [1.54, 1.807) is 6.92 Å². The number of aryl methyl sites for hydroxylation is 1. The number of benzene rings is 1. The summed E-state index contributed by atoms with van der Waals surface area (Å²) in [6, 6.07) is 3.92. The van der Waals surface area contributed by atoms with Crippen molar-refractivity contribution in [2.75, 3.05) is 5.32 Å². The number of aromatic hydroxyl groups is 1. The summed E-state index contributed by atoms with van der Waals surface area (Å²) in [6.45, 7) is 1.63. The molecule has 1 aromatic carbocycles. The first-order valence-electron chi connectivity index (χ1n) is 5.05. The van der Waals surface area contributed by atoms with Gasteiger partial charge in [-0.15, -0.1) is 0 Å². The number of amides is 1. The first-order chi connectivity index (χ1) is 8.52. The van der Waals surface area contributed by atoms with Gasteiger partial charge in [0.05, 0.1) is 5.69 Å². The average molecular weight is 247 g/mol. The summed E-state index contributed by atoms with van der Waals surface area (Å²) in [4.78, 5) is 32.6. The molecule has 1 heterocycles. The highest BCUT2D eigenvalue weighted by atomic mass is 16.4. The van der Waals surface area contributed by atoms with Gasteiger partial charge in [0, 0.05) is 11.5 Å². The van der Waals surface area contributed by atoms with Crippen molar-refractivity contribution in [1.82, 2.24) is 0 Å². The minimum Gasteiger partial charge on any atom is -0.506 e. The number of carbonyl (C=O) groups is 2. The number of nitrogens with one attached hydrogen (secondary N) is 1. The molecule has 6 nitrogen and oxygen atoms in total. The van der Waals surface area contributed by atoms with E-state index in [9.17, 15) is 19.5 Å². The summed E-state index contributed by atoms with van der Waals surface area (Å²) in [5.74, 6) is -1.11. The molecular formula is C12H9NO5. The second-order valence-electron chi connectivity index (χ2n) is 3.69. The van der Waals surface area contributed by atoms with Crippen LogP contribution in [-0.2, 0) is 9.59 Å². The van der Waals surface area contributed by atoms with Crippen molar-refractivity contribution < 1.29 is 19.1 Å². The molecule has 0 aliphatic heterocycles. The van der Waals surface area contributed by atoms with Crippen molar-refractivity contribution >= 4 is 28.8 Å². The Kier molecular flexibility index (Phi) is 2.85. The molecule has 18 heavy (non-hydrogen) atoms. The Balaban J connectivity index is 2.77. The third-order valence-corrected chi connectivity index (χ3v) is 2.44. The van der Waals surface area contributed by atoms with Crippen LogP contribution in [0.2, 0.25) is 0 Å². The van der Waals surface area contributed by atoms with Crippen molar-refractivity contribution in [2.24, 2.45) is 0 Å². The van der Waals surface area contributed by atoms with Gasteiger partial charge in [-0.3, -0.25) is 9.59 Å². The normalized spacial score (nSPS) is 10.3. The lowest BCUT2D eigenvalue weighted by atomic mass is 10.1. The van der Waals surface area contributed by atoms with E-state index in [-0.39, 0.29) is 23.3 Å². The largest absolute Gasteiger partial charge is 0.506 e. The van der Waals surface area contributed by atoms with Crippen molar-refractivity contribution in [2.45, 2.75) is 6.92 Å². The zero-order chi connectivity index (χ0) is 13.3. The van der Waals surface area contributed by atoms with E-state index in [4.69, 9.17) is 4.42 Å². The number of phenols is 1. The molecule has 1 amide bonds. The Morgan fingerprint density at radius 3 is 2.83 bits per heavy atom. The van der Waals surface area contributed by atoms with Crippen LogP contribution in [-0.4, -0.2) is 17.3 Å². The summed E-state index contributed by atoms with van der Waals surface area (Å²) >= 11 is 0. The topological polar surface area (TPSA) is 96.6 Å². The van der Waals surface area contributed by atoms with Gasteiger partial charge < -0.3 is 14.8 Å². The van der Waals surface area contributed by atoms with Crippen LogP contribution < -0.4 is 10.9 Å². The maximum Gasteiger partial charge on any atom is 0.336 e. The van der Waals surface area contributed by atoms with Crippen molar-refractivity contribution in [3.63, 3.8) is 0 Å². The van der Waals surface area contributed by atoms with E-state index in [0.717, 1.165) is 0 Å². The summed E-state index contributed by atoms with van der Waals surface area (Å²) in [5, 5.41) is 12.3. The molecular weight excluding hydrogens is 238 g/mol. The van der Waals surface area contributed by atoms with Gasteiger partial charge in [-0.1, -0.05) is 0 Å². The van der Waals surface area contributed by atoms with Crippen molar-refractivity contribution in [3.05, 3.63) is 34.2 Å². The molecule has 92 valence electrons. The molecule has 0 bridgehead atoms. The number of hydrogen-bond acceptors (Lipinski definition) is 5. The van der Waals surface area contributed by atoms with Gasteiger partial charge in [-0.05, 0) is 24.6 Å². The van der Waals surface area contributed by atoms with Crippen LogP contribution in [0, 0.1) is 6.92 Å². The Labute approximate surface area is 101 Å². The fourth-order valence-corrected chi connectivity index (χ4v) is 1.72. The minimum absolute atomic E-state index is 0.0471. The van der Waals surface area contributed by atoms with Gasteiger partial charge in [0.25, 0.3) is 5.91 Å². The smallest absolute Gasteiger partial charge is 0.336 e. The van der Waals surface area contributed by atoms with Gasteiger partial charge in [0.2, 0.25) is 6.29 Å². The molecule has 0 aliphatic carbocycles. The lowest BCUT2D eigenvalue weighted by Gasteiger charge is -2.09. The van der Waals surface area contributed by atoms with Crippen LogP contribution in [0.25, 0.3) is 11.0 Å². The first-order valence-corrected chi connectivity index (χ1v) is 5.05. The fraction of sp³-hybridized carbons (Fsp3) is 0.0833. The van der Waals surface area contributed by atoms with Crippen molar-refractivity contribution in [3.8, 4) is 5.75 Å². The van der Waals surface area contributed by atoms with Gasteiger partial charge >= 0.3 is 5.63 Å². The van der Waals surface area contributed by atoms with Crippen LogP contribution in [0.4, 0.5) is 5.69 Å². The Bertz CT molecular complexity index is 701. The predicted molar refractivity (Wildman–Crippen MR) is 63.6 cm³/mol. The number of anilines is 1. The highest BCUT2D eigenvalue weighted by molar-refractivity contribution is 6.30. The van der Waals surface area contributed by atoms with Gasteiger partial charge in [0.15, 0.2) is 0 Å². The van der Waals surface area contributed by atoms with E-state index >= 15 is 0 Å². The van der Waals surface area contributed by atoms with E-state index < -0.39 is 11.5 Å². The molecule has 2 N–H and O–H groups in total. The zero-order valence-electron chi connectivity index (χ0n) is 9.39. The third kappa shape index (κ3) is 1.95. The minimum atomic E-state index is -0.900. The molecule has 0 atom stereocenters. The van der Waals surface area contributed by atoms with Gasteiger partial charge in [-0.2, -0.15) is 0 Å². The van der Waals surface area contributed by atoms with Crippen molar-refractivity contribution in [1.29, 1.82) is 0 Å². The third-order valence-electron chi connectivity index (χ3n) is 2.44. The first kappa shape index (κ1) is 11.8. The molecule has 0 saturated carbocycles. The Morgan fingerprint density at radius 2 is 2.17 bits per heavy atom. The summed E-state index contributed by atoms with van der Waals surface area (Å²) in [7, 11) is 0. The van der Waals surface area contributed by atoms with E-state index in [1.807, 2.05) is 0 Å². The van der Waals surface area contributed by atoms with E-state index in [0.29, 0.717) is 10.9 Å². The number of rotatable bonds is 2. The highest BCUT2D eigenvalue weighted by Crippen LogP contribution is 2.33. The summed E-state index contributed by atoms with van der Waals surface area (Å²) < 4.78 is 4.95. The second kappa shape index (κ2) is 4.33. The molecule has 0 fully saturated rings. The van der Waals surface area contributed by atoms with E-state index in [1.165, 1.54) is 18.2 Å². The number of hydrogen-bond donors (Lipinski definition) is 2. The van der Waals surface area contributed by atoms with Crippen LogP contribution in [0.5, 0.6) is 5.75 Å². The SMILES string of the molecule is Cc1cc(=O)oc2ccc(O)c(NC(=O)C=O)c12. The lowest BCUT2D eigenvalue weighted by molar-refractivity contribution is -0.127. The number of aldehydes is 1. The van der Waals surface area contributed by atoms with Crippen LogP contribution in [0.1, 0.15) is 5.56 Å². The van der Waals surface area contributed by atoms with Crippen LogP contribution in [0.3, 0.4) is 0 Å².